The maximum atomic E-state index is 12.8. The number of H-pyrrole nitrogens is 1. The van der Waals surface area contributed by atoms with Crippen LogP contribution in [0, 0.1) is 0 Å². The number of methoxy groups -OCH3 is 1. The molecule has 7 heteroatoms. The Labute approximate surface area is 139 Å². The quantitative estimate of drug-likeness (QED) is 0.798. The monoisotopic (exact) mass is 325 g/mol. The number of fused-ring (bicyclic) bond motifs is 3. The Bertz CT molecular complexity index is 884. The topological polar surface area (TPSA) is 76.0 Å². The first-order valence-electron chi connectivity index (χ1n) is 7.97. The van der Waals surface area contributed by atoms with E-state index in [0.29, 0.717) is 13.1 Å². The highest BCUT2D eigenvalue weighted by Crippen LogP contribution is 2.31. The highest BCUT2D eigenvalue weighted by molar-refractivity contribution is 5.87. The van der Waals surface area contributed by atoms with Gasteiger partial charge in [-0.15, -0.1) is 0 Å². The zero-order valence-corrected chi connectivity index (χ0v) is 13.7. The van der Waals surface area contributed by atoms with E-state index in [0.717, 1.165) is 23.1 Å². The van der Waals surface area contributed by atoms with Crippen molar-refractivity contribution < 1.29 is 9.53 Å². The molecule has 7 nitrogen and oxygen atoms in total. The number of aromatic nitrogens is 4. The van der Waals surface area contributed by atoms with Crippen LogP contribution in [0.2, 0.25) is 0 Å². The fraction of sp³-hybridized carbons (Fsp3) is 0.353. The van der Waals surface area contributed by atoms with E-state index >= 15 is 0 Å². The highest BCUT2D eigenvalue weighted by atomic mass is 16.5. The number of hydrogen-bond acceptors (Lipinski definition) is 4. The Hall–Kier alpha value is -2.83. The van der Waals surface area contributed by atoms with E-state index in [1.165, 1.54) is 17.6 Å². The zero-order valence-electron chi connectivity index (χ0n) is 13.7. The Morgan fingerprint density at radius 3 is 3.04 bits per heavy atom. The van der Waals surface area contributed by atoms with Crippen LogP contribution >= 0.6 is 0 Å². The molecule has 0 saturated carbocycles. The van der Waals surface area contributed by atoms with Crippen LogP contribution in [0.15, 0.2) is 30.9 Å². The van der Waals surface area contributed by atoms with E-state index in [2.05, 4.69) is 15.1 Å². The van der Waals surface area contributed by atoms with Crippen molar-refractivity contribution in [1.82, 2.24) is 24.6 Å². The van der Waals surface area contributed by atoms with Gasteiger partial charge in [-0.3, -0.25) is 4.79 Å². The molecular weight excluding hydrogens is 306 g/mol. The van der Waals surface area contributed by atoms with Crippen molar-refractivity contribution in [1.29, 1.82) is 0 Å². The van der Waals surface area contributed by atoms with E-state index < -0.39 is 0 Å². The van der Waals surface area contributed by atoms with Crippen molar-refractivity contribution in [2.45, 2.75) is 25.9 Å². The highest BCUT2D eigenvalue weighted by Gasteiger charge is 2.28. The fourth-order valence-electron chi connectivity index (χ4n) is 3.30. The van der Waals surface area contributed by atoms with Gasteiger partial charge in [0, 0.05) is 41.7 Å². The molecule has 1 aliphatic rings. The minimum absolute atomic E-state index is 0.0587. The van der Waals surface area contributed by atoms with Crippen LogP contribution in [0.5, 0.6) is 5.75 Å². The third-order valence-corrected chi connectivity index (χ3v) is 4.68. The molecule has 3 aromatic rings. The number of nitrogens with one attached hydrogen (secondary N) is 1. The van der Waals surface area contributed by atoms with Crippen molar-refractivity contribution in [2.24, 2.45) is 0 Å². The standard InChI is InChI=1S/C17H19N5O2/c1-11(22-10-18-9-19-22)17(23)21-6-5-16-14(8-21)13-7-12(24-2)3-4-15(13)20-16/h3-4,7,9-11,20H,5-6,8H2,1-2H3/t11-/m1/s1. The lowest BCUT2D eigenvalue weighted by Gasteiger charge is -2.29. The Morgan fingerprint density at radius 2 is 2.29 bits per heavy atom. The summed E-state index contributed by atoms with van der Waals surface area (Å²) in [5.41, 5.74) is 3.46. The van der Waals surface area contributed by atoms with Crippen molar-refractivity contribution in [3.8, 4) is 5.75 Å². The molecule has 2 aromatic heterocycles. The molecule has 0 saturated heterocycles. The summed E-state index contributed by atoms with van der Waals surface area (Å²) < 4.78 is 6.92. The molecule has 0 aliphatic carbocycles. The summed E-state index contributed by atoms with van der Waals surface area (Å²) in [4.78, 5) is 22.1. The van der Waals surface area contributed by atoms with Gasteiger partial charge in [0.25, 0.3) is 0 Å². The van der Waals surface area contributed by atoms with Gasteiger partial charge in [-0.1, -0.05) is 0 Å². The van der Waals surface area contributed by atoms with Crippen LogP contribution < -0.4 is 4.74 Å². The average Bonchev–Trinajstić information content (AvgIpc) is 3.27. The predicted molar refractivity (Wildman–Crippen MR) is 88.7 cm³/mol. The Balaban J connectivity index is 1.64. The Kier molecular flexibility index (Phi) is 3.48. The van der Waals surface area contributed by atoms with Crippen LogP contribution in [0.4, 0.5) is 0 Å². The van der Waals surface area contributed by atoms with Gasteiger partial charge < -0.3 is 14.6 Å². The second-order valence-electron chi connectivity index (χ2n) is 6.05. The lowest BCUT2D eigenvalue weighted by atomic mass is 10.0. The first-order chi connectivity index (χ1) is 11.7. The second-order valence-corrected chi connectivity index (χ2v) is 6.05. The van der Waals surface area contributed by atoms with Gasteiger partial charge in [0.1, 0.15) is 24.4 Å². The Morgan fingerprint density at radius 1 is 1.42 bits per heavy atom. The second kappa shape index (κ2) is 5.67. The van der Waals surface area contributed by atoms with Crippen molar-refractivity contribution in [2.75, 3.05) is 13.7 Å². The summed E-state index contributed by atoms with van der Waals surface area (Å²) in [6, 6.07) is 5.64. The average molecular weight is 325 g/mol. The predicted octanol–water partition coefficient (Wildman–Crippen LogP) is 1.91. The molecule has 1 amide bonds. The molecule has 1 aliphatic heterocycles. The smallest absolute Gasteiger partial charge is 0.247 e. The summed E-state index contributed by atoms with van der Waals surface area (Å²) in [6.45, 7) is 3.15. The maximum absolute atomic E-state index is 12.8. The van der Waals surface area contributed by atoms with Crippen LogP contribution in [0.3, 0.4) is 0 Å². The number of carbonyl (C=O) groups excluding carboxylic acids is 1. The molecule has 124 valence electrons. The van der Waals surface area contributed by atoms with Gasteiger partial charge >= 0.3 is 0 Å². The minimum atomic E-state index is -0.353. The lowest BCUT2D eigenvalue weighted by molar-refractivity contribution is -0.135. The summed E-state index contributed by atoms with van der Waals surface area (Å²) in [7, 11) is 1.66. The van der Waals surface area contributed by atoms with E-state index in [1.54, 1.807) is 18.1 Å². The van der Waals surface area contributed by atoms with Crippen LogP contribution in [-0.2, 0) is 17.8 Å². The van der Waals surface area contributed by atoms with Gasteiger partial charge in [-0.2, -0.15) is 5.10 Å². The van der Waals surface area contributed by atoms with Gasteiger partial charge in [0.2, 0.25) is 5.91 Å². The first kappa shape index (κ1) is 14.7. The van der Waals surface area contributed by atoms with Crippen LogP contribution in [0.25, 0.3) is 10.9 Å². The van der Waals surface area contributed by atoms with E-state index in [4.69, 9.17) is 4.74 Å². The molecule has 0 unspecified atom stereocenters. The first-order valence-corrected chi connectivity index (χ1v) is 7.97. The van der Waals surface area contributed by atoms with Crippen LogP contribution in [-0.4, -0.2) is 44.2 Å². The number of nitrogens with zero attached hydrogens (tertiary/aromatic N) is 4. The fourth-order valence-corrected chi connectivity index (χ4v) is 3.30. The molecule has 1 atom stereocenters. The minimum Gasteiger partial charge on any atom is -0.497 e. The van der Waals surface area contributed by atoms with E-state index in [-0.39, 0.29) is 11.9 Å². The third-order valence-electron chi connectivity index (χ3n) is 4.68. The van der Waals surface area contributed by atoms with E-state index in [9.17, 15) is 4.79 Å². The number of rotatable bonds is 3. The third kappa shape index (κ3) is 2.33. The lowest BCUT2D eigenvalue weighted by Crippen LogP contribution is -2.39. The largest absolute Gasteiger partial charge is 0.497 e. The number of amides is 1. The van der Waals surface area contributed by atoms with Crippen molar-refractivity contribution in [3.05, 3.63) is 42.1 Å². The molecular formula is C17H19N5O2. The van der Waals surface area contributed by atoms with Gasteiger partial charge in [-0.25, -0.2) is 9.67 Å². The summed E-state index contributed by atoms with van der Waals surface area (Å²) in [6.07, 6.45) is 3.85. The molecule has 0 radical (unpaired) electrons. The van der Waals surface area contributed by atoms with Crippen molar-refractivity contribution >= 4 is 16.8 Å². The number of ether oxygens (including phenoxy) is 1. The normalized spacial score (nSPS) is 15.3. The van der Waals surface area contributed by atoms with Crippen molar-refractivity contribution in [3.63, 3.8) is 0 Å². The number of hydrogen-bond donors (Lipinski definition) is 1. The summed E-state index contributed by atoms with van der Waals surface area (Å²) in [5, 5.41) is 5.19. The molecule has 0 bridgehead atoms. The molecule has 0 spiro atoms. The summed E-state index contributed by atoms with van der Waals surface area (Å²) in [5.74, 6) is 0.882. The van der Waals surface area contributed by atoms with Gasteiger partial charge in [-0.05, 0) is 25.1 Å². The maximum Gasteiger partial charge on any atom is 0.247 e. The van der Waals surface area contributed by atoms with Gasteiger partial charge in [0.05, 0.1) is 7.11 Å². The molecule has 4 rings (SSSR count). The van der Waals surface area contributed by atoms with E-state index in [1.807, 2.05) is 30.0 Å². The molecule has 24 heavy (non-hydrogen) atoms. The number of benzene rings is 1. The number of aromatic amines is 1. The molecule has 1 N–H and O–H groups in total. The number of carbonyl (C=O) groups is 1. The summed E-state index contributed by atoms with van der Waals surface area (Å²) >= 11 is 0. The SMILES string of the molecule is COc1ccc2[nH]c3c(c2c1)CN(C(=O)[C@@H](C)n1cncn1)CC3. The molecule has 3 heterocycles. The molecule has 0 fully saturated rings. The van der Waals surface area contributed by atoms with Gasteiger partial charge in [0.15, 0.2) is 0 Å². The zero-order chi connectivity index (χ0) is 16.7. The molecule has 1 aromatic carbocycles. The van der Waals surface area contributed by atoms with Crippen LogP contribution in [0.1, 0.15) is 24.2 Å².